The van der Waals surface area contributed by atoms with Crippen LogP contribution < -0.4 is 9.80 Å². The van der Waals surface area contributed by atoms with Gasteiger partial charge in [-0.2, -0.15) is 0 Å². The van der Waals surface area contributed by atoms with Crippen LogP contribution in [-0.2, 0) is 0 Å². The lowest BCUT2D eigenvalue weighted by Crippen LogP contribution is -2.38. The third-order valence-corrected chi connectivity index (χ3v) is 4.73. The van der Waals surface area contributed by atoms with Crippen molar-refractivity contribution >= 4 is 22.9 Å². The minimum absolute atomic E-state index is 0.0286. The number of para-hydroxylation sites is 2. The molecule has 0 radical (unpaired) electrons. The Kier molecular flexibility index (Phi) is 3.49. The number of rotatable bonds is 1. The maximum Gasteiger partial charge on any atom is 0.260 e. The predicted octanol–water partition coefficient (Wildman–Crippen LogP) is 3.21. The van der Waals surface area contributed by atoms with E-state index in [-0.39, 0.29) is 11.9 Å². The van der Waals surface area contributed by atoms with E-state index in [9.17, 15) is 4.79 Å². The highest BCUT2D eigenvalue weighted by molar-refractivity contribution is 6.08. The number of benzene rings is 1. The van der Waals surface area contributed by atoms with Crippen LogP contribution in [0.1, 0.15) is 23.7 Å². The number of hydrogen-bond acceptors (Lipinski definition) is 3. The highest BCUT2D eigenvalue weighted by Crippen LogP contribution is 2.34. The Morgan fingerprint density at radius 2 is 1.96 bits per heavy atom. The number of fused-ring (bicyclic) bond motifs is 2. The van der Waals surface area contributed by atoms with Gasteiger partial charge in [0.2, 0.25) is 0 Å². The summed E-state index contributed by atoms with van der Waals surface area (Å²) in [5.74, 6) is 0.0286. The number of aromatic nitrogens is 2. The number of carbonyl (C=O) groups excluding carboxylic acids is 1. The smallest absolute Gasteiger partial charge is 0.260 e. The molecule has 0 spiro atoms. The lowest BCUT2D eigenvalue weighted by molar-refractivity contribution is 0.0978. The van der Waals surface area contributed by atoms with Crippen LogP contribution in [0.15, 0.2) is 55.0 Å². The Balaban J connectivity index is 1.80. The fraction of sp³-hybridized carbons (Fsp3) is 0.263. The molecule has 5 nitrogen and oxygen atoms in total. The zero-order valence-electron chi connectivity index (χ0n) is 13.9. The van der Waals surface area contributed by atoms with Crippen LogP contribution in [0.3, 0.4) is 0 Å². The Labute approximate surface area is 141 Å². The molecule has 0 bridgehead atoms. The third-order valence-electron chi connectivity index (χ3n) is 4.73. The van der Waals surface area contributed by atoms with Gasteiger partial charge in [0, 0.05) is 38.2 Å². The second kappa shape index (κ2) is 5.67. The van der Waals surface area contributed by atoms with Crippen LogP contribution >= 0.6 is 0 Å². The lowest BCUT2D eigenvalue weighted by Gasteiger charge is -2.28. The van der Waals surface area contributed by atoms with E-state index in [1.165, 1.54) is 0 Å². The second-order valence-corrected chi connectivity index (χ2v) is 6.33. The van der Waals surface area contributed by atoms with Crippen molar-refractivity contribution in [3.63, 3.8) is 0 Å². The molecular formula is C19H20N4O. The van der Waals surface area contributed by atoms with Crippen molar-refractivity contribution in [2.75, 3.05) is 23.4 Å². The van der Waals surface area contributed by atoms with Gasteiger partial charge in [-0.05, 0) is 37.6 Å². The molecule has 0 aliphatic carbocycles. The first-order valence-electron chi connectivity index (χ1n) is 8.21. The Bertz CT molecular complexity index is 901. The zero-order chi connectivity index (χ0) is 16.7. The molecule has 1 unspecified atom stereocenters. The minimum Gasteiger partial charge on any atom is -0.373 e. The van der Waals surface area contributed by atoms with Gasteiger partial charge in [0.05, 0.1) is 16.9 Å². The SMILES string of the molecule is CC1CCN(C)c2ccccc2N1C(=O)c1ccc2nccn2c1. The van der Waals surface area contributed by atoms with Gasteiger partial charge < -0.3 is 14.2 Å². The molecule has 122 valence electrons. The fourth-order valence-corrected chi connectivity index (χ4v) is 3.35. The largest absolute Gasteiger partial charge is 0.373 e. The van der Waals surface area contributed by atoms with Gasteiger partial charge in [-0.15, -0.1) is 0 Å². The molecule has 0 fully saturated rings. The summed E-state index contributed by atoms with van der Waals surface area (Å²) >= 11 is 0. The topological polar surface area (TPSA) is 40.8 Å². The van der Waals surface area contributed by atoms with Gasteiger partial charge in [0.25, 0.3) is 5.91 Å². The molecule has 3 heterocycles. The van der Waals surface area contributed by atoms with Crippen molar-refractivity contribution < 1.29 is 4.79 Å². The number of carbonyl (C=O) groups is 1. The molecule has 0 N–H and O–H groups in total. The molecular weight excluding hydrogens is 300 g/mol. The number of hydrogen-bond donors (Lipinski definition) is 0. The number of anilines is 2. The molecule has 0 saturated heterocycles. The molecule has 1 aliphatic rings. The Morgan fingerprint density at radius 1 is 1.17 bits per heavy atom. The molecule has 1 amide bonds. The van der Waals surface area contributed by atoms with Crippen molar-refractivity contribution in [1.82, 2.24) is 9.38 Å². The van der Waals surface area contributed by atoms with E-state index >= 15 is 0 Å². The average molecular weight is 320 g/mol. The van der Waals surface area contributed by atoms with Gasteiger partial charge in [-0.1, -0.05) is 12.1 Å². The molecule has 1 atom stereocenters. The van der Waals surface area contributed by atoms with Crippen LogP contribution in [0.2, 0.25) is 0 Å². The van der Waals surface area contributed by atoms with Crippen molar-refractivity contribution in [3.05, 3.63) is 60.6 Å². The number of pyridine rings is 1. The van der Waals surface area contributed by atoms with Crippen LogP contribution in [0.5, 0.6) is 0 Å². The number of nitrogens with zero attached hydrogens (tertiary/aromatic N) is 4. The van der Waals surface area contributed by atoms with Crippen molar-refractivity contribution in [2.24, 2.45) is 0 Å². The van der Waals surface area contributed by atoms with E-state index < -0.39 is 0 Å². The van der Waals surface area contributed by atoms with Crippen molar-refractivity contribution in [3.8, 4) is 0 Å². The van der Waals surface area contributed by atoms with E-state index in [0.717, 1.165) is 30.0 Å². The van der Waals surface area contributed by atoms with Gasteiger partial charge in [-0.25, -0.2) is 4.98 Å². The first kappa shape index (κ1) is 14.8. The summed E-state index contributed by atoms with van der Waals surface area (Å²) in [6, 6.07) is 12.0. The molecule has 1 aromatic carbocycles. The fourth-order valence-electron chi connectivity index (χ4n) is 3.35. The summed E-state index contributed by atoms with van der Waals surface area (Å²) in [7, 11) is 2.08. The summed E-state index contributed by atoms with van der Waals surface area (Å²) in [6.07, 6.45) is 6.39. The average Bonchev–Trinajstić information content (AvgIpc) is 3.03. The highest BCUT2D eigenvalue weighted by Gasteiger charge is 2.29. The lowest BCUT2D eigenvalue weighted by atomic mass is 10.1. The standard InChI is InChI=1S/C19H20N4O/c1-14-9-11-21(2)16-5-3-4-6-17(16)23(14)19(24)15-7-8-18-20-10-12-22(18)13-15/h3-8,10,12-14H,9,11H2,1-2H3. The molecule has 24 heavy (non-hydrogen) atoms. The van der Waals surface area contributed by atoms with Crippen molar-refractivity contribution in [1.29, 1.82) is 0 Å². The van der Waals surface area contributed by atoms with Gasteiger partial charge in [0.1, 0.15) is 5.65 Å². The van der Waals surface area contributed by atoms with Crippen LogP contribution in [0.4, 0.5) is 11.4 Å². The summed E-state index contributed by atoms with van der Waals surface area (Å²) in [6.45, 7) is 3.05. The second-order valence-electron chi connectivity index (χ2n) is 6.33. The number of imidazole rings is 1. The van der Waals surface area contributed by atoms with E-state index in [1.54, 1.807) is 6.20 Å². The van der Waals surface area contributed by atoms with Crippen molar-refractivity contribution in [2.45, 2.75) is 19.4 Å². The number of amides is 1. The van der Waals surface area contributed by atoms with E-state index in [0.29, 0.717) is 5.56 Å². The van der Waals surface area contributed by atoms with Crippen LogP contribution in [0, 0.1) is 0 Å². The summed E-state index contributed by atoms with van der Waals surface area (Å²) in [4.78, 5) is 21.7. The molecule has 5 heteroatoms. The monoisotopic (exact) mass is 320 g/mol. The third kappa shape index (κ3) is 2.33. The quantitative estimate of drug-likeness (QED) is 0.691. The molecule has 3 aromatic rings. The maximum absolute atomic E-state index is 13.3. The highest BCUT2D eigenvalue weighted by atomic mass is 16.2. The normalized spacial score (nSPS) is 17.7. The van der Waals surface area contributed by atoms with Crippen LogP contribution in [-0.4, -0.2) is 34.9 Å². The maximum atomic E-state index is 13.3. The Morgan fingerprint density at radius 3 is 2.79 bits per heavy atom. The van der Waals surface area contributed by atoms with Crippen LogP contribution in [0.25, 0.3) is 5.65 Å². The summed E-state index contributed by atoms with van der Waals surface area (Å²) < 4.78 is 1.88. The zero-order valence-corrected chi connectivity index (χ0v) is 13.9. The molecule has 4 rings (SSSR count). The first-order chi connectivity index (χ1) is 11.6. The van der Waals surface area contributed by atoms with Gasteiger partial charge >= 0.3 is 0 Å². The Hall–Kier alpha value is -2.82. The summed E-state index contributed by atoms with van der Waals surface area (Å²) in [5, 5.41) is 0. The molecule has 2 aromatic heterocycles. The van der Waals surface area contributed by atoms with Gasteiger partial charge in [0.15, 0.2) is 0 Å². The molecule has 1 aliphatic heterocycles. The van der Waals surface area contributed by atoms with E-state index in [4.69, 9.17) is 0 Å². The summed E-state index contributed by atoms with van der Waals surface area (Å²) in [5.41, 5.74) is 3.59. The first-order valence-corrected chi connectivity index (χ1v) is 8.21. The van der Waals surface area contributed by atoms with E-state index in [2.05, 4.69) is 29.9 Å². The van der Waals surface area contributed by atoms with E-state index in [1.807, 2.05) is 52.0 Å². The molecule has 0 saturated carbocycles. The predicted molar refractivity (Wildman–Crippen MR) is 95.8 cm³/mol. The van der Waals surface area contributed by atoms with Gasteiger partial charge in [-0.3, -0.25) is 4.79 Å². The minimum atomic E-state index is 0.0286.